The van der Waals surface area contributed by atoms with Gasteiger partial charge < -0.3 is 14.6 Å². The minimum Gasteiger partial charge on any atom is -0.441 e. The number of piperidine rings is 1. The Morgan fingerprint density at radius 3 is 2.81 bits per heavy atom. The highest BCUT2D eigenvalue weighted by atomic mass is 19.1. The topological polar surface area (TPSA) is 58.4 Å². The molecule has 2 aromatic rings. The molecule has 6 heteroatoms. The Balaban J connectivity index is 1.31. The second-order valence-corrected chi connectivity index (χ2v) is 7.41. The molecule has 5 nitrogen and oxygen atoms in total. The number of hydrogen-bond donors (Lipinski definition) is 1. The summed E-state index contributed by atoms with van der Waals surface area (Å²) in [5.74, 6) is 0.690. The number of benzene rings is 1. The van der Waals surface area contributed by atoms with Crippen LogP contribution in [0.3, 0.4) is 0 Å². The number of rotatable bonds is 4. The Hall–Kier alpha value is -2.21. The Kier molecular flexibility index (Phi) is 4.76. The normalized spacial score (nSPS) is 19.2. The molecule has 2 aliphatic heterocycles. The number of nitrogens with zero attached hydrogens (tertiary/aromatic N) is 2. The van der Waals surface area contributed by atoms with Crippen molar-refractivity contribution in [3.05, 3.63) is 42.2 Å². The van der Waals surface area contributed by atoms with Crippen LogP contribution in [-0.4, -0.2) is 42.0 Å². The summed E-state index contributed by atoms with van der Waals surface area (Å²) in [5, 5.41) is 3.44. The number of carbonyl (C=O) groups excluding carboxylic acids is 1. The lowest BCUT2D eigenvalue weighted by atomic mass is 9.78. The Morgan fingerprint density at radius 2 is 2.08 bits per heavy atom. The minimum atomic E-state index is -0.338. The SMILES string of the molecule is O=C(CCc1ncc(-c2ccccc2F)o1)N1CCC2(CCNC2)CC1. The molecular formula is C20H24FN3O2. The predicted molar refractivity (Wildman–Crippen MR) is 96.0 cm³/mol. The standard InChI is InChI=1S/C20H24FN3O2/c21-16-4-2-1-3-15(16)17-13-23-18(26-17)5-6-19(25)24-11-8-20(9-12-24)7-10-22-14-20/h1-4,13,22H,5-12,14H2. The third-order valence-corrected chi connectivity index (χ3v) is 5.75. The van der Waals surface area contributed by atoms with Crippen LogP contribution in [0.4, 0.5) is 4.39 Å². The highest BCUT2D eigenvalue weighted by molar-refractivity contribution is 5.76. The molecule has 2 fully saturated rings. The number of oxazole rings is 1. The molecule has 1 N–H and O–H groups in total. The number of aromatic nitrogens is 1. The largest absolute Gasteiger partial charge is 0.441 e. The van der Waals surface area contributed by atoms with E-state index < -0.39 is 0 Å². The first-order chi connectivity index (χ1) is 12.7. The lowest BCUT2D eigenvalue weighted by Gasteiger charge is -2.38. The Bertz CT molecular complexity index is 773. The zero-order valence-corrected chi connectivity index (χ0v) is 14.8. The summed E-state index contributed by atoms with van der Waals surface area (Å²) in [5.41, 5.74) is 0.803. The lowest BCUT2D eigenvalue weighted by Crippen LogP contribution is -2.44. The van der Waals surface area contributed by atoms with Gasteiger partial charge in [0.15, 0.2) is 11.7 Å². The second kappa shape index (κ2) is 7.19. The van der Waals surface area contributed by atoms with Crippen molar-refractivity contribution in [2.45, 2.75) is 32.1 Å². The predicted octanol–water partition coefficient (Wildman–Crippen LogP) is 3.02. The molecule has 1 amide bonds. The van der Waals surface area contributed by atoms with E-state index in [9.17, 15) is 9.18 Å². The summed E-state index contributed by atoms with van der Waals surface area (Å²) in [6, 6.07) is 6.45. The van der Waals surface area contributed by atoms with Gasteiger partial charge in [0.25, 0.3) is 0 Å². The van der Waals surface area contributed by atoms with Crippen LogP contribution in [0.1, 0.15) is 31.6 Å². The van der Waals surface area contributed by atoms with Crippen LogP contribution in [0, 0.1) is 11.2 Å². The first-order valence-corrected chi connectivity index (χ1v) is 9.33. The quantitative estimate of drug-likeness (QED) is 0.914. The van der Waals surface area contributed by atoms with Gasteiger partial charge in [-0.15, -0.1) is 0 Å². The zero-order chi connectivity index (χ0) is 18.0. The van der Waals surface area contributed by atoms with E-state index in [0.717, 1.165) is 39.0 Å². The van der Waals surface area contributed by atoms with Gasteiger partial charge in [0.05, 0.1) is 11.8 Å². The van der Waals surface area contributed by atoms with Gasteiger partial charge in [0.2, 0.25) is 5.91 Å². The van der Waals surface area contributed by atoms with Crippen molar-refractivity contribution in [3.63, 3.8) is 0 Å². The van der Waals surface area contributed by atoms with Crippen LogP contribution >= 0.6 is 0 Å². The molecule has 1 spiro atoms. The van der Waals surface area contributed by atoms with Crippen LogP contribution in [-0.2, 0) is 11.2 Å². The van der Waals surface area contributed by atoms with Crippen molar-refractivity contribution in [1.29, 1.82) is 0 Å². The third-order valence-electron chi connectivity index (χ3n) is 5.75. The molecule has 2 saturated heterocycles. The monoisotopic (exact) mass is 357 g/mol. The van der Waals surface area contributed by atoms with Gasteiger partial charge >= 0.3 is 0 Å². The van der Waals surface area contributed by atoms with Crippen molar-refractivity contribution in [1.82, 2.24) is 15.2 Å². The van der Waals surface area contributed by atoms with Crippen molar-refractivity contribution in [2.24, 2.45) is 5.41 Å². The maximum Gasteiger partial charge on any atom is 0.223 e. The summed E-state index contributed by atoms with van der Waals surface area (Å²) in [6.45, 7) is 3.87. The van der Waals surface area contributed by atoms with Gasteiger partial charge in [-0.3, -0.25) is 4.79 Å². The summed E-state index contributed by atoms with van der Waals surface area (Å²) >= 11 is 0. The molecule has 2 aliphatic rings. The van der Waals surface area contributed by atoms with Gasteiger partial charge in [-0.2, -0.15) is 0 Å². The second-order valence-electron chi connectivity index (χ2n) is 7.41. The van der Waals surface area contributed by atoms with Crippen LogP contribution in [0.5, 0.6) is 0 Å². The molecule has 0 bridgehead atoms. The molecule has 0 saturated carbocycles. The average Bonchev–Trinajstić information content (AvgIpc) is 3.31. The van der Waals surface area contributed by atoms with Crippen LogP contribution in [0.25, 0.3) is 11.3 Å². The van der Waals surface area contributed by atoms with E-state index in [2.05, 4.69) is 10.3 Å². The first kappa shape index (κ1) is 17.2. The van der Waals surface area contributed by atoms with Gasteiger partial charge in [-0.1, -0.05) is 12.1 Å². The first-order valence-electron chi connectivity index (χ1n) is 9.33. The summed E-state index contributed by atoms with van der Waals surface area (Å²) in [4.78, 5) is 18.6. The maximum atomic E-state index is 13.8. The van der Waals surface area contributed by atoms with Crippen molar-refractivity contribution < 1.29 is 13.6 Å². The molecule has 0 radical (unpaired) electrons. The van der Waals surface area contributed by atoms with Crippen LogP contribution < -0.4 is 5.32 Å². The third kappa shape index (κ3) is 3.51. The molecule has 138 valence electrons. The molecule has 1 aromatic carbocycles. The minimum absolute atomic E-state index is 0.149. The van der Waals surface area contributed by atoms with E-state index in [1.165, 1.54) is 18.7 Å². The molecule has 0 aliphatic carbocycles. The van der Waals surface area contributed by atoms with E-state index in [1.807, 2.05) is 4.90 Å². The fraction of sp³-hybridized carbons (Fsp3) is 0.500. The number of likely N-dealkylation sites (tertiary alicyclic amines) is 1. The van der Waals surface area contributed by atoms with E-state index in [4.69, 9.17) is 4.42 Å². The number of hydrogen-bond acceptors (Lipinski definition) is 4. The fourth-order valence-corrected chi connectivity index (χ4v) is 4.04. The van der Waals surface area contributed by atoms with Crippen LogP contribution in [0.2, 0.25) is 0 Å². The molecule has 1 aromatic heterocycles. The average molecular weight is 357 g/mol. The van der Waals surface area contributed by atoms with Crippen molar-refractivity contribution in [2.75, 3.05) is 26.2 Å². The highest BCUT2D eigenvalue weighted by Gasteiger charge is 2.37. The van der Waals surface area contributed by atoms with Crippen LogP contribution in [0.15, 0.2) is 34.9 Å². The molecular weight excluding hydrogens is 333 g/mol. The Morgan fingerprint density at radius 1 is 1.27 bits per heavy atom. The summed E-state index contributed by atoms with van der Waals surface area (Å²) in [7, 11) is 0. The molecule has 3 heterocycles. The van der Waals surface area contributed by atoms with Crippen molar-refractivity contribution in [3.8, 4) is 11.3 Å². The molecule has 4 rings (SSSR count). The molecule has 26 heavy (non-hydrogen) atoms. The number of halogens is 1. The molecule has 0 atom stereocenters. The molecule has 0 unspecified atom stereocenters. The highest BCUT2D eigenvalue weighted by Crippen LogP contribution is 2.37. The van der Waals surface area contributed by atoms with Gasteiger partial charge in [-0.05, 0) is 43.4 Å². The van der Waals surface area contributed by atoms with E-state index >= 15 is 0 Å². The number of amides is 1. The fourth-order valence-electron chi connectivity index (χ4n) is 4.04. The van der Waals surface area contributed by atoms with Gasteiger partial charge in [-0.25, -0.2) is 9.37 Å². The summed E-state index contributed by atoms with van der Waals surface area (Å²) < 4.78 is 19.4. The smallest absolute Gasteiger partial charge is 0.223 e. The van der Waals surface area contributed by atoms with Crippen molar-refractivity contribution >= 4 is 5.91 Å². The van der Waals surface area contributed by atoms with E-state index in [0.29, 0.717) is 35.5 Å². The van der Waals surface area contributed by atoms with E-state index in [-0.39, 0.29) is 11.7 Å². The van der Waals surface area contributed by atoms with Gasteiger partial charge in [0.1, 0.15) is 5.82 Å². The van der Waals surface area contributed by atoms with Gasteiger partial charge in [0, 0.05) is 32.5 Å². The number of carbonyl (C=O) groups is 1. The van der Waals surface area contributed by atoms with E-state index in [1.54, 1.807) is 18.2 Å². The number of nitrogens with one attached hydrogen (secondary N) is 1. The summed E-state index contributed by atoms with van der Waals surface area (Å²) in [6.07, 6.45) is 5.74. The lowest BCUT2D eigenvalue weighted by molar-refractivity contribution is -0.133. The number of aryl methyl sites for hydroxylation is 1. The maximum absolute atomic E-state index is 13.8. The Labute approximate surface area is 152 Å². The zero-order valence-electron chi connectivity index (χ0n) is 14.8.